The summed E-state index contributed by atoms with van der Waals surface area (Å²) >= 11 is 0. The Hall–Kier alpha value is -3.64. The zero-order valence-electron chi connectivity index (χ0n) is 17.4. The van der Waals surface area contributed by atoms with Crippen molar-refractivity contribution in [1.82, 2.24) is 14.6 Å². The predicted octanol–water partition coefficient (Wildman–Crippen LogP) is 2.40. The standard InChI is InChI=1S/C22H22N6O3/c1-22(2)11-14-10-17(26-21(29)16-13-25-28-5-3-4-24-20(16)28)18(15(12-23)19(14)31-22)27-6-8-30-9-7-27/h3-5,10,13H,6-9,11H2,1-2H3,(H,26,29). The second-order valence-electron chi connectivity index (χ2n) is 8.29. The molecule has 9 heteroatoms. The third-order valence-corrected chi connectivity index (χ3v) is 5.53. The number of nitriles is 1. The highest BCUT2D eigenvalue weighted by Crippen LogP contribution is 2.45. The quantitative estimate of drug-likeness (QED) is 0.696. The Bertz CT molecular complexity index is 1220. The molecule has 1 saturated heterocycles. The summed E-state index contributed by atoms with van der Waals surface area (Å²) in [6, 6.07) is 5.99. The molecule has 1 amide bonds. The fourth-order valence-electron chi connectivity index (χ4n) is 4.22. The average molecular weight is 418 g/mol. The lowest BCUT2D eigenvalue weighted by atomic mass is 9.98. The molecule has 1 aromatic carbocycles. The lowest BCUT2D eigenvalue weighted by molar-refractivity contribution is 0.102. The zero-order valence-corrected chi connectivity index (χ0v) is 17.4. The number of benzene rings is 1. The highest BCUT2D eigenvalue weighted by atomic mass is 16.5. The van der Waals surface area contributed by atoms with Gasteiger partial charge >= 0.3 is 0 Å². The maximum absolute atomic E-state index is 13.2. The van der Waals surface area contributed by atoms with Crippen molar-refractivity contribution in [2.45, 2.75) is 25.9 Å². The van der Waals surface area contributed by atoms with Gasteiger partial charge < -0.3 is 19.7 Å². The molecule has 31 heavy (non-hydrogen) atoms. The number of ether oxygens (including phenoxy) is 2. The molecule has 1 N–H and O–H groups in total. The molecule has 158 valence electrons. The molecule has 0 aliphatic carbocycles. The highest BCUT2D eigenvalue weighted by molar-refractivity contribution is 6.10. The average Bonchev–Trinajstić information content (AvgIpc) is 3.32. The van der Waals surface area contributed by atoms with Crippen LogP contribution < -0.4 is 15.0 Å². The van der Waals surface area contributed by atoms with Gasteiger partial charge in [-0.3, -0.25) is 4.79 Å². The topological polar surface area (TPSA) is 105 Å². The summed E-state index contributed by atoms with van der Waals surface area (Å²) in [5.41, 5.74) is 3.03. The molecule has 2 aromatic heterocycles. The Labute approximate surface area is 179 Å². The minimum Gasteiger partial charge on any atom is -0.486 e. The first-order valence-corrected chi connectivity index (χ1v) is 10.2. The van der Waals surface area contributed by atoms with E-state index >= 15 is 0 Å². The molecule has 2 aliphatic heterocycles. The number of hydrogen-bond acceptors (Lipinski definition) is 7. The predicted molar refractivity (Wildman–Crippen MR) is 114 cm³/mol. The molecule has 3 aromatic rings. The summed E-state index contributed by atoms with van der Waals surface area (Å²) in [5.74, 6) is 0.273. The van der Waals surface area contributed by atoms with E-state index in [-0.39, 0.29) is 5.91 Å². The van der Waals surface area contributed by atoms with Gasteiger partial charge in [0.1, 0.15) is 28.5 Å². The molecule has 2 aliphatic rings. The third-order valence-electron chi connectivity index (χ3n) is 5.53. The number of rotatable bonds is 3. The molecule has 9 nitrogen and oxygen atoms in total. The van der Waals surface area contributed by atoms with E-state index in [1.54, 1.807) is 23.0 Å². The van der Waals surface area contributed by atoms with E-state index in [0.29, 0.717) is 66.6 Å². The van der Waals surface area contributed by atoms with E-state index in [9.17, 15) is 10.1 Å². The van der Waals surface area contributed by atoms with Gasteiger partial charge in [0, 0.05) is 37.5 Å². The molecule has 0 bridgehead atoms. The number of fused-ring (bicyclic) bond motifs is 2. The van der Waals surface area contributed by atoms with Crippen LogP contribution in [0.4, 0.5) is 11.4 Å². The lowest BCUT2D eigenvalue weighted by Crippen LogP contribution is -2.37. The van der Waals surface area contributed by atoms with E-state index in [0.717, 1.165) is 5.56 Å². The van der Waals surface area contributed by atoms with Crippen molar-refractivity contribution < 1.29 is 14.3 Å². The lowest BCUT2D eigenvalue weighted by Gasteiger charge is -2.32. The van der Waals surface area contributed by atoms with Crippen molar-refractivity contribution in [1.29, 1.82) is 5.26 Å². The molecule has 0 unspecified atom stereocenters. The Balaban J connectivity index is 1.60. The number of amides is 1. The molecule has 4 heterocycles. The minimum atomic E-state index is -0.412. The third kappa shape index (κ3) is 3.35. The van der Waals surface area contributed by atoms with Crippen LogP contribution >= 0.6 is 0 Å². The number of nitrogens with zero attached hydrogens (tertiary/aromatic N) is 5. The van der Waals surface area contributed by atoms with E-state index < -0.39 is 5.60 Å². The van der Waals surface area contributed by atoms with Crippen LogP contribution in [0.2, 0.25) is 0 Å². The van der Waals surface area contributed by atoms with Crippen LogP contribution in [0.25, 0.3) is 5.65 Å². The first kappa shape index (κ1) is 19.3. The first-order chi connectivity index (χ1) is 15.0. The summed E-state index contributed by atoms with van der Waals surface area (Å²) in [4.78, 5) is 19.5. The monoisotopic (exact) mass is 418 g/mol. The van der Waals surface area contributed by atoms with Gasteiger partial charge in [-0.1, -0.05) is 0 Å². The number of aromatic nitrogens is 3. The second kappa shape index (κ2) is 7.25. The van der Waals surface area contributed by atoms with Crippen molar-refractivity contribution >= 4 is 22.9 Å². The molecule has 0 saturated carbocycles. The minimum absolute atomic E-state index is 0.328. The Morgan fingerprint density at radius 1 is 1.32 bits per heavy atom. The maximum Gasteiger partial charge on any atom is 0.261 e. The maximum atomic E-state index is 13.2. The van der Waals surface area contributed by atoms with E-state index in [4.69, 9.17) is 9.47 Å². The van der Waals surface area contributed by atoms with Crippen LogP contribution in [0.15, 0.2) is 30.7 Å². The van der Waals surface area contributed by atoms with Gasteiger partial charge in [0.2, 0.25) is 0 Å². The molecule has 1 fully saturated rings. The van der Waals surface area contributed by atoms with E-state index in [1.165, 1.54) is 6.20 Å². The fraction of sp³-hybridized carbons (Fsp3) is 0.364. The van der Waals surface area contributed by atoms with Crippen LogP contribution in [-0.2, 0) is 11.2 Å². The van der Waals surface area contributed by atoms with Crippen molar-refractivity contribution in [3.8, 4) is 11.8 Å². The van der Waals surface area contributed by atoms with Crippen molar-refractivity contribution in [2.75, 3.05) is 36.5 Å². The SMILES string of the molecule is CC1(C)Cc2cc(NC(=O)c3cnn4cccnc34)c(N3CCOCC3)c(C#N)c2O1. The molecule has 5 rings (SSSR count). The Kier molecular flexibility index (Phi) is 4.52. The Morgan fingerprint density at radius 2 is 2.13 bits per heavy atom. The largest absolute Gasteiger partial charge is 0.486 e. The van der Waals surface area contributed by atoms with Gasteiger partial charge in [-0.15, -0.1) is 0 Å². The highest BCUT2D eigenvalue weighted by Gasteiger charge is 2.36. The first-order valence-electron chi connectivity index (χ1n) is 10.2. The normalized spacial score (nSPS) is 17.1. The van der Waals surface area contributed by atoms with E-state index in [1.807, 2.05) is 19.9 Å². The molecule has 0 radical (unpaired) electrons. The summed E-state index contributed by atoms with van der Waals surface area (Å²) in [5, 5.41) is 17.3. The zero-order chi connectivity index (χ0) is 21.6. The summed E-state index contributed by atoms with van der Waals surface area (Å²) in [6.07, 6.45) is 5.51. The van der Waals surface area contributed by atoms with Crippen molar-refractivity contribution in [3.63, 3.8) is 0 Å². The summed E-state index contributed by atoms with van der Waals surface area (Å²) < 4.78 is 13.2. The van der Waals surface area contributed by atoms with Gasteiger partial charge in [0.25, 0.3) is 5.91 Å². The van der Waals surface area contributed by atoms with Crippen molar-refractivity contribution in [3.05, 3.63) is 47.4 Å². The number of hydrogen-bond donors (Lipinski definition) is 1. The van der Waals surface area contributed by atoms with Gasteiger partial charge in [-0.2, -0.15) is 10.4 Å². The van der Waals surface area contributed by atoms with Gasteiger partial charge in [-0.05, 0) is 26.0 Å². The molecular weight excluding hydrogens is 396 g/mol. The van der Waals surface area contributed by atoms with Crippen LogP contribution in [0.5, 0.6) is 5.75 Å². The number of carbonyl (C=O) groups excluding carboxylic acids is 1. The molecule has 0 spiro atoms. The van der Waals surface area contributed by atoms with Gasteiger partial charge in [-0.25, -0.2) is 9.50 Å². The molecular formula is C22H22N6O3. The number of morpholine rings is 1. The van der Waals surface area contributed by atoms with Crippen LogP contribution in [0.1, 0.15) is 35.3 Å². The van der Waals surface area contributed by atoms with Gasteiger partial charge in [0.05, 0.1) is 30.8 Å². The second-order valence-corrected chi connectivity index (χ2v) is 8.29. The number of carbonyl (C=O) groups is 1. The van der Waals surface area contributed by atoms with Crippen LogP contribution in [0, 0.1) is 11.3 Å². The van der Waals surface area contributed by atoms with Crippen LogP contribution in [0.3, 0.4) is 0 Å². The molecule has 0 atom stereocenters. The number of nitrogens with one attached hydrogen (secondary N) is 1. The van der Waals surface area contributed by atoms with Crippen LogP contribution in [-0.4, -0.2) is 52.4 Å². The fourth-order valence-corrected chi connectivity index (χ4v) is 4.22. The summed E-state index contributed by atoms with van der Waals surface area (Å²) in [6.45, 7) is 6.34. The van der Waals surface area contributed by atoms with Crippen molar-refractivity contribution in [2.24, 2.45) is 0 Å². The summed E-state index contributed by atoms with van der Waals surface area (Å²) in [7, 11) is 0. The smallest absolute Gasteiger partial charge is 0.261 e. The Morgan fingerprint density at radius 3 is 2.90 bits per heavy atom. The van der Waals surface area contributed by atoms with E-state index in [2.05, 4.69) is 26.4 Å². The van der Waals surface area contributed by atoms with Gasteiger partial charge in [0.15, 0.2) is 5.65 Å². The number of anilines is 2.